The number of likely N-dealkylation sites (tertiary alicyclic amines) is 1. The fourth-order valence-electron chi connectivity index (χ4n) is 6.76. The standard InChI is InChI=1S/C32H28BrClN2O5/c1-2-3-12-24(32(40)41-16-25(37)35-17-13-14-22(33)23(34)15-17)36-30(38)28-26-18-8-4-5-9-19(18)27(29(28)31(36)39)21-11-7-6-10-20(21)26/h4-11,13-15,24,26-29H,2-3,12,16H2,1H3,(H,35,37)/t24-,26?,27?,28-,29-/m1/s1. The molecule has 0 aromatic heterocycles. The van der Waals surface area contributed by atoms with Crippen molar-refractivity contribution >= 4 is 56.9 Å². The van der Waals surface area contributed by atoms with Crippen molar-refractivity contribution in [2.45, 2.75) is 44.1 Å². The Morgan fingerprint density at radius 3 is 1.95 bits per heavy atom. The van der Waals surface area contributed by atoms with Crippen molar-refractivity contribution in [3.63, 3.8) is 0 Å². The first-order valence-electron chi connectivity index (χ1n) is 13.8. The van der Waals surface area contributed by atoms with E-state index < -0.39 is 36.4 Å². The molecular weight excluding hydrogens is 608 g/mol. The minimum absolute atomic E-state index is 0.259. The first-order valence-corrected chi connectivity index (χ1v) is 14.9. The molecule has 7 rings (SSSR count). The molecule has 2 bridgehead atoms. The second-order valence-electron chi connectivity index (χ2n) is 10.8. The summed E-state index contributed by atoms with van der Waals surface area (Å²) < 4.78 is 6.09. The zero-order valence-electron chi connectivity index (χ0n) is 22.3. The van der Waals surface area contributed by atoms with Crippen LogP contribution in [0, 0.1) is 11.8 Å². The Balaban J connectivity index is 1.25. The van der Waals surface area contributed by atoms with Crippen LogP contribution in [0.25, 0.3) is 0 Å². The van der Waals surface area contributed by atoms with Gasteiger partial charge in [-0.1, -0.05) is 79.9 Å². The van der Waals surface area contributed by atoms with Crippen LogP contribution in [-0.4, -0.2) is 41.2 Å². The number of unbranched alkanes of at least 4 members (excludes halogenated alkanes) is 1. The lowest BCUT2D eigenvalue weighted by atomic mass is 9.55. The highest BCUT2D eigenvalue weighted by Gasteiger charge is 2.63. The summed E-state index contributed by atoms with van der Waals surface area (Å²) in [4.78, 5) is 55.4. The van der Waals surface area contributed by atoms with Gasteiger partial charge in [0.2, 0.25) is 11.8 Å². The second-order valence-corrected chi connectivity index (χ2v) is 12.0. The van der Waals surface area contributed by atoms with E-state index in [9.17, 15) is 19.2 Å². The fraction of sp³-hybridized carbons (Fsp3) is 0.312. The molecule has 0 saturated carbocycles. The Kier molecular flexibility index (Phi) is 7.47. The zero-order chi connectivity index (χ0) is 28.8. The topological polar surface area (TPSA) is 92.8 Å². The van der Waals surface area contributed by atoms with Gasteiger partial charge in [0, 0.05) is 22.0 Å². The van der Waals surface area contributed by atoms with Crippen molar-refractivity contribution in [3.05, 3.63) is 98.5 Å². The highest BCUT2D eigenvalue weighted by atomic mass is 79.9. The van der Waals surface area contributed by atoms with Gasteiger partial charge in [0.05, 0.1) is 16.9 Å². The highest BCUT2D eigenvalue weighted by molar-refractivity contribution is 9.10. The molecule has 1 heterocycles. The van der Waals surface area contributed by atoms with Crippen molar-refractivity contribution < 1.29 is 23.9 Å². The van der Waals surface area contributed by atoms with E-state index in [1.165, 1.54) is 0 Å². The fourth-order valence-corrected chi connectivity index (χ4v) is 7.19. The van der Waals surface area contributed by atoms with Crippen LogP contribution in [0.2, 0.25) is 5.02 Å². The van der Waals surface area contributed by atoms with Crippen LogP contribution in [0.4, 0.5) is 5.69 Å². The summed E-state index contributed by atoms with van der Waals surface area (Å²) in [5.74, 6) is -3.68. The van der Waals surface area contributed by atoms with E-state index in [2.05, 4.69) is 21.2 Å². The minimum Gasteiger partial charge on any atom is -0.454 e. The molecule has 1 saturated heterocycles. The lowest BCUT2D eigenvalue weighted by Gasteiger charge is -2.45. The molecular formula is C32H28BrClN2O5. The maximum absolute atomic E-state index is 14.1. The van der Waals surface area contributed by atoms with Crippen molar-refractivity contribution in [1.29, 1.82) is 0 Å². The van der Waals surface area contributed by atoms with Crippen LogP contribution in [0.15, 0.2) is 71.2 Å². The number of nitrogens with one attached hydrogen (secondary N) is 1. The van der Waals surface area contributed by atoms with Gasteiger partial charge >= 0.3 is 5.97 Å². The summed E-state index contributed by atoms with van der Waals surface area (Å²) in [5.41, 5.74) is 4.72. The van der Waals surface area contributed by atoms with E-state index in [0.29, 0.717) is 21.6 Å². The molecule has 41 heavy (non-hydrogen) atoms. The highest BCUT2D eigenvalue weighted by Crippen LogP contribution is 2.61. The Morgan fingerprint density at radius 1 is 0.927 bits per heavy atom. The molecule has 3 amide bonds. The lowest BCUT2D eigenvalue weighted by Crippen LogP contribution is -2.47. The lowest BCUT2D eigenvalue weighted by molar-refractivity contribution is -0.160. The van der Waals surface area contributed by atoms with Crippen LogP contribution >= 0.6 is 27.5 Å². The van der Waals surface area contributed by atoms with E-state index in [1.54, 1.807) is 18.2 Å². The number of hydrogen-bond acceptors (Lipinski definition) is 5. The van der Waals surface area contributed by atoms with Gasteiger partial charge < -0.3 is 10.1 Å². The zero-order valence-corrected chi connectivity index (χ0v) is 24.7. The number of carbonyl (C=O) groups excluding carboxylic acids is 4. The number of ether oxygens (including phenoxy) is 1. The van der Waals surface area contributed by atoms with E-state index >= 15 is 0 Å². The predicted molar refractivity (Wildman–Crippen MR) is 157 cm³/mol. The Hall–Kier alpha value is -3.49. The summed E-state index contributed by atoms with van der Waals surface area (Å²) in [6, 6.07) is 19.8. The first-order chi connectivity index (χ1) is 19.8. The Bertz CT molecular complexity index is 1460. The van der Waals surface area contributed by atoms with Gasteiger partial charge in [0.1, 0.15) is 6.04 Å². The molecule has 1 N–H and O–H groups in total. The molecule has 7 nitrogen and oxygen atoms in total. The molecule has 3 aliphatic carbocycles. The summed E-state index contributed by atoms with van der Waals surface area (Å²) in [7, 11) is 0. The number of benzene rings is 3. The SMILES string of the molecule is CCCC[C@H](C(=O)OCC(=O)Nc1ccc(Br)c(Cl)c1)N1C(=O)[C@@H]2C3c4ccccc4C(c4ccccc43)[C@H]2C1=O. The minimum atomic E-state index is -1.10. The molecule has 1 fully saturated rings. The molecule has 3 aromatic rings. The maximum atomic E-state index is 14.1. The Labute approximate surface area is 251 Å². The monoisotopic (exact) mass is 634 g/mol. The number of anilines is 1. The number of nitrogens with zero attached hydrogens (tertiary/aromatic N) is 1. The van der Waals surface area contributed by atoms with Crippen molar-refractivity contribution in [2.24, 2.45) is 11.8 Å². The van der Waals surface area contributed by atoms with E-state index in [1.807, 2.05) is 55.5 Å². The third kappa shape index (κ3) is 4.67. The van der Waals surface area contributed by atoms with E-state index in [0.717, 1.165) is 33.6 Å². The van der Waals surface area contributed by atoms with Crippen LogP contribution < -0.4 is 5.32 Å². The molecule has 0 spiro atoms. The average molecular weight is 636 g/mol. The number of rotatable bonds is 8. The largest absolute Gasteiger partial charge is 0.454 e. The quantitative estimate of drug-likeness (QED) is 0.241. The average Bonchev–Trinajstić information content (AvgIpc) is 3.24. The summed E-state index contributed by atoms with van der Waals surface area (Å²) in [6.45, 7) is 1.42. The molecule has 0 unspecified atom stereocenters. The van der Waals surface area contributed by atoms with Crippen LogP contribution in [0.5, 0.6) is 0 Å². The van der Waals surface area contributed by atoms with E-state index in [4.69, 9.17) is 16.3 Å². The smallest absolute Gasteiger partial charge is 0.329 e. The molecule has 3 atom stereocenters. The van der Waals surface area contributed by atoms with Gasteiger partial charge in [-0.3, -0.25) is 19.3 Å². The number of halogens is 2. The summed E-state index contributed by atoms with van der Waals surface area (Å²) in [6.07, 6.45) is 1.65. The summed E-state index contributed by atoms with van der Waals surface area (Å²) in [5, 5.41) is 3.07. The van der Waals surface area contributed by atoms with Gasteiger partial charge in [-0.2, -0.15) is 0 Å². The molecule has 4 aliphatic rings. The van der Waals surface area contributed by atoms with Gasteiger partial charge in [-0.15, -0.1) is 0 Å². The molecule has 9 heteroatoms. The third-order valence-electron chi connectivity index (χ3n) is 8.45. The number of imide groups is 1. The van der Waals surface area contributed by atoms with Gasteiger partial charge in [0.15, 0.2) is 6.61 Å². The van der Waals surface area contributed by atoms with Crippen LogP contribution in [-0.2, 0) is 23.9 Å². The van der Waals surface area contributed by atoms with Crippen LogP contribution in [0.1, 0.15) is 60.3 Å². The predicted octanol–water partition coefficient (Wildman–Crippen LogP) is 6.04. The normalized spacial score (nSPS) is 22.6. The number of carbonyl (C=O) groups is 4. The first kappa shape index (κ1) is 27.7. The number of esters is 1. The van der Waals surface area contributed by atoms with Crippen molar-refractivity contribution in [1.82, 2.24) is 4.90 Å². The third-order valence-corrected chi connectivity index (χ3v) is 9.68. The molecule has 210 valence electrons. The molecule has 1 aliphatic heterocycles. The maximum Gasteiger partial charge on any atom is 0.329 e. The van der Waals surface area contributed by atoms with Crippen molar-refractivity contribution in [2.75, 3.05) is 11.9 Å². The Morgan fingerprint density at radius 2 is 1.46 bits per heavy atom. The van der Waals surface area contributed by atoms with Crippen molar-refractivity contribution in [3.8, 4) is 0 Å². The van der Waals surface area contributed by atoms with Gasteiger partial charge in [-0.05, 0) is 62.8 Å². The summed E-state index contributed by atoms with van der Waals surface area (Å²) >= 11 is 9.40. The second kappa shape index (κ2) is 11.1. The molecule has 0 radical (unpaired) electrons. The van der Waals surface area contributed by atoms with Gasteiger partial charge in [-0.25, -0.2) is 4.79 Å². The van der Waals surface area contributed by atoms with E-state index in [-0.39, 0.29) is 30.1 Å². The van der Waals surface area contributed by atoms with Gasteiger partial charge in [0.25, 0.3) is 5.91 Å². The molecule has 3 aromatic carbocycles. The van der Waals surface area contributed by atoms with Crippen LogP contribution in [0.3, 0.4) is 0 Å². The number of hydrogen-bond donors (Lipinski definition) is 1. The number of amides is 3.